The van der Waals surface area contributed by atoms with Gasteiger partial charge in [0.05, 0.1) is 11.9 Å². The topological polar surface area (TPSA) is 50.2 Å². The SMILES string of the molecule is O=C(c1cccc(-n2nccc2C(F)(F)F)c1)N1C2CCNCC1CC2. The maximum absolute atomic E-state index is 13.1. The predicted octanol–water partition coefficient (Wildman–Crippen LogP) is 2.86. The average molecular weight is 364 g/mol. The summed E-state index contributed by atoms with van der Waals surface area (Å²) in [5, 5.41) is 7.12. The van der Waals surface area contributed by atoms with Gasteiger partial charge in [-0.15, -0.1) is 0 Å². The number of benzene rings is 1. The lowest BCUT2D eigenvalue weighted by atomic mass is 10.1. The number of alkyl halides is 3. The van der Waals surface area contributed by atoms with E-state index in [-0.39, 0.29) is 23.7 Å². The first-order valence-corrected chi connectivity index (χ1v) is 8.70. The average Bonchev–Trinajstić information content (AvgIpc) is 3.18. The fourth-order valence-corrected chi connectivity index (χ4v) is 3.96. The Morgan fingerprint density at radius 1 is 1.15 bits per heavy atom. The van der Waals surface area contributed by atoms with Crippen molar-refractivity contribution >= 4 is 5.91 Å². The van der Waals surface area contributed by atoms with Crippen LogP contribution in [0.3, 0.4) is 0 Å². The first-order valence-electron chi connectivity index (χ1n) is 8.70. The van der Waals surface area contributed by atoms with E-state index in [9.17, 15) is 18.0 Å². The Morgan fingerprint density at radius 3 is 2.77 bits per heavy atom. The third kappa shape index (κ3) is 2.98. The van der Waals surface area contributed by atoms with Crippen molar-refractivity contribution in [3.63, 3.8) is 0 Å². The fraction of sp³-hybridized carbons (Fsp3) is 0.444. The molecular weight excluding hydrogens is 345 g/mol. The molecule has 1 amide bonds. The number of nitrogens with one attached hydrogen (secondary N) is 1. The molecule has 5 nitrogen and oxygen atoms in total. The number of nitrogens with zero attached hydrogens (tertiary/aromatic N) is 3. The minimum atomic E-state index is -4.51. The minimum Gasteiger partial charge on any atom is -0.331 e. The van der Waals surface area contributed by atoms with Gasteiger partial charge in [-0.1, -0.05) is 6.07 Å². The summed E-state index contributed by atoms with van der Waals surface area (Å²) < 4.78 is 40.2. The molecule has 26 heavy (non-hydrogen) atoms. The summed E-state index contributed by atoms with van der Waals surface area (Å²) in [6, 6.07) is 7.54. The van der Waals surface area contributed by atoms with Crippen molar-refractivity contribution in [2.45, 2.75) is 37.5 Å². The Morgan fingerprint density at radius 2 is 1.96 bits per heavy atom. The second kappa shape index (κ2) is 6.42. The van der Waals surface area contributed by atoms with E-state index in [1.54, 1.807) is 12.1 Å². The number of rotatable bonds is 2. The van der Waals surface area contributed by atoms with Crippen molar-refractivity contribution in [3.8, 4) is 5.69 Å². The van der Waals surface area contributed by atoms with Crippen LogP contribution < -0.4 is 5.32 Å². The van der Waals surface area contributed by atoms with Crippen LogP contribution in [0, 0.1) is 0 Å². The lowest BCUT2D eigenvalue weighted by Gasteiger charge is -2.28. The molecule has 0 spiro atoms. The van der Waals surface area contributed by atoms with Crippen molar-refractivity contribution in [2.24, 2.45) is 0 Å². The third-order valence-corrected chi connectivity index (χ3v) is 5.16. The van der Waals surface area contributed by atoms with Crippen LogP contribution in [0.1, 0.15) is 35.3 Å². The van der Waals surface area contributed by atoms with Gasteiger partial charge in [-0.2, -0.15) is 18.3 Å². The van der Waals surface area contributed by atoms with Crippen LogP contribution in [0.5, 0.6) is 0 Å². The largest absolute Gasteiger partial charge is 0.433 e. The van der Waals surface area contributed by atoms with Gasteiger partial charge in [0.15, 0.2) is 0 Å². The Hall–Kier alpha value is -2.35. The van der Waals surface area contributed by atoms with Gasteiger partial charge in [0, 0.05) is 24.2 Å². The zero-order chi connectivity index (χ0) is 18.3. The molecule has 138 valence electrons. The predicted molar refractivity (Wildman–Crippen MR) is 89.0 cm³/mol. The molecule has 2 saturated heterocycles. The highest BCUT2D eigenvalue weighted by Gasteiger charge is 2.39. The van der Waals surface area contributed by atoms with Gasteiger partial charge in [0.25, 0.3) is 5.91 Å². The summed E-state index contributed by atoms with van der Waals surface area (Å²) >= 11 is 0. The summed E-state index contributed by atoms with van der Waals surface area (Å²) in [5.41, 5.74) is -0.237. The quantitative estimate of drug-likeness (QED) is 0.892. The second-order valence-electron chi connectivity index (χ2n) is 6.77. The van der Waals surface area contributed by atoms with E-state index in [2.05, 4.69) is 10.4 Å². The fourth-order valence-electron chi connectivity index (χ4n) is 3.96. The molecule has 4 rings (SSSR count). The number of hydrogen-bond acceptors (Lipinski definition) is 3. The smallest absolute Gasteiger partial charge is 0.331 e. The molecule has 1 N–H and O–H groups in total. The molecular formula is C18H19F3N4O. The lowest BCUT2D eigenvalue weighted by Crippen LogP contribution is -2.42. The number of amides is 1. The first kappa shape index (κ1) is 17.1. The van der Waals surface area contributed by atoms with Crippen LogP contribution in [0.15, 0.2) is 36.5 Å². The number of halogens is 3. The number of fused-ring (bicyclic) bond motifs is 2. The molecule has 2 fully saturated rings. The molecule has 0 radical (unpaired) electrons. The zero-order valence-corrected chi connectivity index (χ0v) is 14.0. The molecule has 2 unspecified atom stereocenters. The van der Waals surface area contributed by atoms with E-state index in [4.69, 9.17) is 0 Å². The van der Waals surface area contributed by atoms with Crippen molar-refractivity contribution in [3.05, 3.63) is 47.8 Å². The van der Waals surface area contributed by atoms with E-state index in [1.807, 2.05) is 4.90 Å². The monoisotopic (exact) mass is 364 g/mol. The molecule has 0 saturated carbocycles. The van der Waals surface area contributed by atoms with Crippen molar-refractivity contribution in [1.82, 2.24) is 20.0 Å². The van der Waals surface area contributed by atoms with Gasteiger partial charge in [0.1, 0.15) is 5.69 Å². The third-order valence-electron chi connectivity index (χ3n) is 5.16. The van der Waals surface area contributed by atoms with Gasteiger partial charge >= 0.3 is 6.18 Å². The Kier molecular flexibility index (Phi) is 4.22. The van der Waals surface area contributed by atoms with E-state index in [1.165, 1.54) is 12.1 Å². The molecule has 1 aromatic carbocycles. The number of carbonyl (C=O) groups excluding carboxylic acids is 1. The van der Waals surface area contributed by atoms with E-state index < -0.39 is 11.9 Å². The molecule has 0 aliphatic carbocycles. The standard InChI is InChI=1S/C18H19F3N4O/c19-18(20,21)16-7-9-23-25(16)14-3-1-2-12(10-14)17(26)24-13-4-5-15(24)11-22-8-6-13/h1-3,7,9-10,13,15,22H,4-6,8,11H2. The van der Waals surface area contributed by atoms with E-state index >= 15 is 0 Å². The Balaban J connectivity index is 1.66. The molecule has 2 aromatic rings. The summed E-state index contributed by atoms with van der Waals surface area (Å²) in [5.74, 6) is -0.122. The molecule has 2 aliphatic rings. The molecule has 2 bridgehead atoms. The van der Waals surface area contributed by atoms with Gasteiger partial charge < -0.3 is 10.2 Å². The highest BCUT2D eigenvalue weighted by atomic mass is 19.4. The van der Waals surface area contributed by atoms with Crippen LogP contribution in [0.25, 0.3) is 5.69 Å². The maximum atomic E-state index is 13.1. The summed E-state index contributed by atoms with van der Waals surface area (Å²) in [7, 11) is 0. The van der Waals surface area contributed by atoms with Gasteiger partial charge in [0.2, 0.25) is 0 Å². The molecule has 8 heteroatoms. The Labute approximate surface area is 148 Å². The van der Waals surface area contributed by atoms with Crippen LogP contribution in [0.2, 0.25) is 0 Å². The van der Waals surface area contributed by atoms with Crippen LogP contribution >= 0.6 is 0 Å². The van der Waals surface area contributed by atoms with E-state index in [0.717, 1.165) is 49.3 Å². The molecule has 3 heterocycles. The number of hydrogen-bond donors (Lipinski definition) is 1. The minimum absolute atomic E-state index is 0.122. The van der Waals surface area contributed by atoms with Crippen LogP contribution in [-0.2, 0) is 6.18 Å². The second-order valence-corrected chi connectivity index (χ2v) is 6.77. The van der Waals surface area contributed by atoms with Gasteiger partial charge in [-0.25, -0.2) is 4.68 Å². The first-order chi connectivity index (χ1) is 12.4. The van der Waals surface area contributed by atoms with Gasteiger partial charge in [-0.3, -0.25) is 4.79 Å². The van der Waals surface area contributed by atoms with Crippen LogP contribution in [-0.4, -0.2) is 45.8 Å². The Bertz CT molecular complexity index is 803. The highest BCUT2D eigenvalue weighted by molar-refractivity contribution is 5.95. The van der Waals surface area contributed by atoms with Crippen molar-refractivity contribution in [2.75, 3.05) is 13.1 Å². The van der Waals surface area contributed by atoms with Crippen molar-refractivity contribution in [1.29, 1.82) is 0 Å². The maximum Gasteiger partial charge on any atom is 0.433 e. The molecule has 1 aromatic heterocycles. The summed E-state index contributed by atoms with van der Waals surface area (Å²) in [6.45, 7) is 1.65. The normalized spacial score (nSPS) is 23.1. The zero-order valence-electron chi connectivity index (χ0n) is 14.0. The number of aromatic nitrogens is 2. The van der Waals surface area contributed by atoms with Gasteiger partial charge in [-0.05, 0) is 50.1 Å². The number of carbonyl (C=O) groups is 1. The molecule has 2 atom stereocenters. The highest BCUT2D eigenvalue weighted by Crippen LogP contribution is 2.32. The summed E-state index contributed by atoms with van der Waals surface area (Å²) in [4.78, 5) is 15.0. The molecule has 2 aliphatic heterocycles. The van der Waals surface area contributed by atoms with Crippen molar-refractivity contribution < 1.29 is 18.0 Å². The van der Waals surface area contributed by atoms with E-state index in [0.29, 0.717) is 5.56 Å². The summed E-state index contributed by atoms with van der Waals surface area (Å²) in [6.07, 6.45) is -0.557. The lowest BCUT2D eigenvalue weighted by molar-refractivity contribution is -0.142. The van der Waals surface area contributed by atoms with Crippen LogP contribution in [0.4, 0.5) is 13.2 Å².